The van der Waals surface area contributed by atoms with Gasteiger partial charge < -0.3 is 5.11 Å². The third kappa shape index (κ3) is 2.07. The number of rotatable bonds is 4. The van der Waals surface area contributed by atoms with E-state index < -0.39 is 0 Å². The molecule has 1 saturated carbocycles. The Morgan fingerprint density at radius 2 is 1.89 bits per heavy atom. The highest BCUT2D eigenvalue weighted by molar-refractivity contribution is 6.06. The summed E-state index contributed by atoms with van der Waals surface area (Å²) in [7, 11) is 0. The second kappa shape index (κ2) is 5.00. The van der Waals surface area contributed by atoms with E-state index in [1.54, 1.807) is 0 Å². The number of hydrogen-bond donors (Lipinski definition) is 1. The van der Waals surface area contributed by atoms with Crippen LogP contribution in [0.15, 0.2) is 0 Å². The van der Waals surface area contributed by atoms with Gasteiger partial charge in [-0.1, -0.05) is 26.7 Å². The van der Waals surface area contributed by atoms with E-state index in [2.05, 4.69) is 0 Å². The van der Waals surface area contributed by atoms with E-state index in [9.17, 15) is 9.59 Å². The second-order valence-electron chi connectivity index (χ2n) is 6.06. The van der Waals surface area contributed by atoms with Crippen LogP contribution in [-0.4, -0.2) is 34.5 Å². The van der Waals surface area contributed by atoms with Crippen LogP contribution >= 0.6 is 0 Å². The highest BCUT2D eigenvalue weighted by Gasteiger charge is 2.54. The van der Waals surface area contributed by atoms with Crippen molar-refractivity contribution < 1.29 is 14.7 Å². The first kappa shape index (κ1) is 13.5. The first-order chi connectivity index (χ1) is 8.52. The van der Waals surface area contributed by atoms with Crippen molar-refractivity contribution >= 4 is 11.8 Å². The standard InChI is InChI=1S/C14H23NO3/c1-10(2)11(5-8-16)15-12(17)9-14(13(15)18)6-3-4-7-14/h10-11,16H,3-9H2,1-2H3. The zero-order valence-corrected chi connectivity index (χ0v) is 11.3. The maximum Gasteiger partial charge on any atom is 0.236 e. The van der Waals surface area contributed by atoms with Gasteiger partial charge >= 0.3 is 0 Å². The fraction of sp³-hybridized carbons (Fsp3) is 0.857. The lowest BCUT2D eigenvalue weighted by molar-refractivity contribution is -0.145. The summed E-state index contributed by atoms with van der Waals surface area (Å²) in [5.41, 5.74) is -0.389. The number of amides is 2. The Kier molecular flexibility index (Phi) is 3.76. The van der Waals surface area contributed by atoms with E-state index in [1.807, 2.05) is 13.8 Å². The number of aliphatic hydroxyl groups is 1. The summed E-state index contributed by atoms with van der Waals surface area (Å²) in [6.07, 6.45) is 4.71. The van der Waals surface area contributed by atoms with Crippen molar-refractivity contribution in [3.05, 3.63) is 0 Å². The molecule has 0 aromatic carbocycles. The minimum Gasteiger partial charge on any atom is -0.396 e. The van der Waals surface area contributed by atoms with Crippen LogP contribution in [0.5, 0.6) is 0 Å². The Labute approximate surface area is 108 Å². The highest BCUT2D eigenvalue weighted by atomic mass is 16.3. The summed E-state index contributed by atoms with van der Waals surface area (Å²) in [6.45, 7) is 4.02. The molecule has 18 heavy (non-hydrogen) atoms. The van der Waals surface area contributed by atoms with E-state index in [4.69, 9.17) is 5.11 Å². The maximum absolute atomic E-state index is 12.6. The van der Waals surface area contributed by atoms with Crippen molar-refractivity contribution in [1.82, 2.24) is 4.90 Å². The number of nitrogens with zero attached hydrogens (tertiary/aromatic N) is 1. The van der Waals surface area contributed by atoms with Gasteiger partial charge in [-0.2, -0.15) is 0 Å². The molecule has 1 spiro atoms. The number of carbonyl (C=O) groups excluding carboxylic acids is 2. The molecular formula is C14H23NO3. The summed E-state index contributed by atoms with van der Waals surface area (Å²) in [5.74, 6) is 0.188. The van der Waals surface area contributed by atoms with Crippen molar-refractivity contribution in [2.75, 3.05) is 6.61 Å². The van der Waals surface area contributed by atoms with Crippen LogP contribution in [0.2, 0.25) is 0 Å². The number of carbonyl (C=O) groups is 2. The van der Waals surface area contributed by atoms with Crippen molar-refractivity contribution in [2.45, 2.75) is 58.4 Å². The van der Waals surface area contributed by atoms with Gasteiger partial charge in [-0.3, -0.25) is 14.5 Å². The predicted molar refractivity (Wildman–Crippen MR) is 67.7 cm³/mol. The first-order valence-corrected chi connectivity index (χ1v) is 6.99. The topological polar surface area (TPSA) is 57.6 Å². The molecular weight excluding hydrogens is 230 g/mol. The number of likely N-dealkylation sites (tertiary alicyclic amines) is 1. The molecule has 102 valence electrons. The molecule has 0 aromatic heterocycles. The molecule has 1 saturated heterocycles. The molecule has 1 heterocycles. The van der Waals surface area contributed by atoms with E-state index in [-0.39, 0.29) is 35.8 Å². The number of aliphatic hydroxyl groups excluding tert-OH is 1. The van der Waals surface area contributed by atoms with Crippen molar-refractivity contribution in [1.29, 1.82) is 0 Å². The van der Waals surface area contributed by atoms with Gasteiger partial charge in [-0.25, -0.2) is 0 Å². The van der Waals surface area contributed by atoms with E-state index in [0.29, 0.717) is 12.8 Å². The largest absolute Gasteiger partial charge is 0.396 e. The van der Waals surface area contributed by atoms with E-state index >= 15 is 0 Å². The zero-order chi connectivity index (χ0) is 13.3. The molecule has 4 nitrogen and oxygen atoms in total. The monoisotopic (exact) mass is 253 g/mol. The third-order valence-corrected chi connectivity index (χ3v) is 4.52. The van der Waals surface area contributed by atoms with Gasteiger partial charge in [0.2, 0.25) is 11.8 Å². The molecule has 1 aliphatic heterocycles. The van der Waals surface area contributed by atoms with E-state index in [1.165, 1.54) is 4.90 Å². The molecule has 2 aliphatic rings. The molecule has 0 radical (unpaired) electrons. The summed E-state index contributed by atoms with van der Waals surface area (Å²) in [6, 6.07) is -0.144. The Balaban J connectivity index is 2.22. The average molecular weight is 253 g/mol. The van der Waals surface area contributed by atoms with Gasteiger partial charge in [-0.15, -0.1) is 0 Å². The Bertz CT molecular complexity index is 345. The first-order valence-electron chi connectivity index (χ1n) is 6.99. The normalized spacial score (nSPS) is 24.6. The number of imide groups is 1. The molecule has 0 aromatic rings. The molecule has 1 aliphatic carbocycles. The van der Waals surface area contributed by atoms with E-state index in [0.717, 1.165) is 25.7 Å². The van der Waals surface area contributed by atoms with Gasteiger partial charge in [0.05, 0.1) is 5.41 Å². The molecule has 1 atom stereocenters. The van der Waals surface area contributed by atoms with Crippen LogP contribution in [0.1, 0.15) is 52.4 Å². The molecule has 0 bridgehead atoms. The number of hydrogen-bond acceptors (Lipinski definition) is 3. The highest BCUT2D eigenvalue weighted by Crippen LogP contribution is 2.47. The summed E-state index contributed by atoms with van der Waals surface area (Å²) in [5, 5.41) is 9.13. The molecule has 2 amide bonds. The van der Waals surface area contributed by atoms with Crippen molar-refractivity contribution in [3.8, 4) is 0 Å². The van der Waals surface area contributed by atoms with Gasteiger partial charge in [-0.05, 0) is 25.2 Å². The predicted octanol–water partition coefficient (Wildman–Crippen LogP) is 1.71. The Hall–Kier alpha value is -0.900. The maximum atomic E-state index is 12.6. The lowest BCUT2D eigenvalue weighted by atomic mass is 9.84. The SMILES string of the molecule is CC(C)C(CCO)N1C(=O)CC2(CCCC2)C1=O. The minimum absolute atomic E-state index is 0.0207. The van der Waals surface area contributed by atoms with Crippen LogP contribution in [0, 0.1) is 11.3 Å². The molecule has 1 unspecified atom stereocenters. The fourth-order valence-corrected chi connectivity index (χ4v) is 3.49. The zero-order valence-electron chi connectivity index (χ0n) is 11.3. The van der Waals surface area contributed by atoms with Crippen molar-refractivity contribution in [3.63, 3.8) is 0 Å². The molecule has 4 heteroatoms. The average Bonchev–Trinajstić information content (AvgIpc) is 2.85. The third-order valence-electron chi connectivity index (χ3n) is 4.52. The fourth-order valence-electron chi connectivity index (χ4n) is 3.49. The van der Waals surface area contributed by atoms with Crippen LogP contribution in [0.4, 0.5) is 0 Å². The molecule has 2 fully saturated rings. The van der Waals surface area contributed by atoms with Crippen LogP contribution < -0.4 is 0 Å². The quantitative estimate of drug-likeness (QED) is 0.776. The van der Waals surface area contributed by atoms with Gasteiger partial charge in [0.1, 0.15) is 0 Å². The van der Waals surface area contributed by atoms with Crippen LogP contribution in [0.25, 0.3) is 0 Å². The lowest BCUT2D eigenvalue weighted by Crippen LogP contribution is -2.45. The van der Waals surface area contributed by atoms with Gasteiger partial charge in [0, 0.05) is 19.1 Å². The summed E-state index contributed by atoms with van der Waals surface area (Å²) in [4.78, 5) is 26.2. The van der Waals surface area contributed by atoms with Gasteiger partial charge in [0.15, 0.2) is 0 Å². The summed E-state index contributed by atoms with van der Waals surface area (Å²) < 4.78 is 0. The Morgan fingerprint density at radius 1 is 1.28 bits per heavy atom. The molecule has 2 rings (SSSR count). The van der Waals surface area contributed by atoms with Crippen LogP contribution in [-0.2, 0) is 9.59 Å². The second-order valence-corrected chi connectivity index (χ2v) is 6.06. The Morgan fingerprint density at radius 3 is 2.39 bits per heavy atom. The van der Waals surface area contributed by atoms with Gasteiger partial charge in [0.25, 0.3) is 0 Å². The molecule has 1 N–H and O–H groups in total. The smallest absolute Gasteiger partial charge is 0.236 e. The lowest BCUT2D eigenvalue weighted by Gasteiger charge is -2.30. The van der Waals surface area contributed by atoms with Crippen LogP contribution in [0.3, 0.4) is 0 Å². The minimum atomic E-state index is -0.389. The summed E-state index contributed by atoms with van der Waals surface area (Å²) >= 11 is 0. The van der Waals surface area contributed by atoms with Crippen molar-refractivity contribution in [2.24, 2.45) is 11.3 Å².